The van der Waals surface area contributed by atoms with E-state index in [9.17, 15) is 0 Å². The number of nitrogens with one attached hydrogen (secondary N) is 1. The normalized spacial score (nSPS) is 18.5. The zero-order valence-electron chi connectivity index (χ0n) is 10.4. The third kappa shape index (κ3) is 2.28. The minimum absolute atomic E-state index is 0.0410. The number of hydrogen-bond acceptors (Lipinski definition) is 2. The Bertz CT molecular complexity index is 333. The molecule has 0 spiro atoms. The molecule has 1 aromatic carbocycles. The Morgan fingerprint density at radius 3 is 2.25 bits per heavy atom. The molecule has 1 aliphatic rings. The first-order valence-corrected chi connectivity index (χ1v) is 6.00. The molecule has 1 aliphatic heterocycles. The van der Waals surface area contributed by atoms with Crippen molar-refractivity contribution >= 4 is 0 Å². The molecule has 0 aromatic heterocycles. The molecule has 88 valence electrons. The lowest BCUT2D eigenvalue weighted by Gasteiger charge is -2.41. The molecule has 1 saturated heterocycles. The second kappa shape index (κ2) is 4.56. The zero-order valence-corrected chi connectivity index (χ0v) is 10.4. The molecule has 0 saturated carbocycles. The van der Waals surface area contributed by atoms with Crippen molar-refractivity contribution in [2.45, 2.75) is 31.8 Å². The van der Waals surface area contributed by atoms with Gasteiger partial charge in [0, 0.05) is 26.6 Å². The van der Waals surface area contributed by atoms with Crippen LogP contribution in [0.15, 0.2) is 24.3 Å². The molecule has 1 heterocycles. The first kappa shape index (κ1) is 11.6. The van der Waals surface area contributed by atoms with Crippen molar-refractivity contribution in [3.05, 3.63) is 35.4 Å². The Morgan fingerprint density at radius 2 is 1.88 bits per heavy atom. The molecule has 2 rings (SSSR count). The van der Waals surface area contributed by atoms with E-state index in [1.165, 1.54) is 11.1 Å². The average Bonchev–Trinajstić information content (AvgIpc) is 2.24. The molecule has 1 N–H and O–H groups in total. The van der Waals surface area contributed by atoms with Gasteiger partial charge in [-0.1, -0.05) is 38.1 Å². The Morgan fingerprint density at radius 1 is 1.25 bits per heavy atom. The Balaban J connectivity index is 2.05. The summed E-state index contributed by atoms with van der Waals surface area (Å²) >= 11 is 0. The standard InChI is InChI=1S/C14H21NO/c1-11(2)13-6-4-12(5-7-13)8-14(16-3)9-15-10-14/h4-7,11,15H,8-10H2,1-3H3. The number of ether oxygens (including phenoxy) is 1. The van der Waals surface area contributed by atoms with Gasteiger partial charge < -0.3 is 10.1 Å². The van der Waals surface area contributed by atoms with Gasteiger partial charge in [-0.2, -0.15) is 0 Å². The van der Waals surface area contributed by atoms with Crippen LogP contribution in [0.4, 0.5) is 0 Å². The van der Waals surface area contributed by atoms with E-state index in [2.05, 4.69) is 43.4 Å². The molecule has 0 amide bonds. The molecule has 0 bridgehead atoms. The van der Waals surface area contributed by atoms with Crippen LogP contribution in [0.25, 0.3) is 0 Å². The van der Waals surface area contributed by atoms with E-state index in [0.717, 1.165) is 19.5 Å². The van der Waals surface area contributed by atoms with E-state index >= 15 is 0 Å². The molecule has 2 nitrogen and oxygen atoms in total. The summed E-state index contributed by atoms with van der Waals surface area (Å²) in [4.78, 5) is 0. The van der Waals surface area contributed by atoms with Crippen LogP contribution in [-0.2, 0) is 11.2 Å². The maximum atomic E-state index is 5.59. The molecule has 0 unspecified atom stereocenters. The van der Waals surface area contributed by atoms with Crippen molar-refractivity contribution in [3.8, 4) is 0 Å². The second-order valence-electron chi connectivity index (χ2n) is 5.06. The van der Waals surface area contributed by atoms with Gasteiger partial charge in [-0.3, -0.25) is 0 Å². The van der Waals surface area contributed by atoms with Gasteiger partial charge >= 0.3 is 0 Å². The fourth-order valence-corrected chi connectivity index (χ4v) is 2.14. The lowest BCUT2D eigenvalue weighted by Crippen LogP contribution is -2.61. The molecule has 0 aliphatic carbocycles. The smallest absolute Gasteiger partial charge is 0.0966 e. The topological polar surface area (TPSA) is 21.3 Å². The summed E-state index contributed by atoms with van der Waals surface area (Å²) in [6.45, 7) is 6.38. The number of benzene rings is 1. The van der Waals surface area contributed by atoms with E-state index in [1.54, 1.807) is 0 Å². The van der Waals surface area contributed by atoms with Crippen molar-refractivity contribution < 1.29 is 4.74 Å². The van der Waals surface area contributed by atoms with Gasteiger partial charge in [-0.15, -0.1) is 0 Å². The monoisotopic (exact) mass is 219 g/mol. The molecule has 0 atom stereocenters. The van der Waals surface area contributed by atoms with E-state index in [4.69, 9.17) is 4.74 Å². The van der Waals surface area contributed by atoms with Gasteiger partial charge in [0.25, 0.3) is 0 Å². The summed E-state index contributed by atoms with van der Waals surface area (Å²) in [5, 5.41) is 3.28. The van der Waals surface area contributed by atoms with E-state index in [-0.39, 0.29) is 5.60 Å². The Labute approximate surface area is 98.0 Å². The van der Waals surface area contributed by atoms with Crippen LogP contribution in [0.1, 0.15) is 30.9 Å². The van der Waals surface area contributed by atoms with E-state index < -0.39 is 0 Å². The van der Waals surface area contributed by atoms with Crippen molar-refractivity contribution in [2.75, 3.05) is 20.2 Å². The van der Waals surface area contributed by atoms with Gasteiger partial charge in [0.15, 0.2) is 0 Å². The molecule has 2 heteroatoms. The average molecular weight is 219 g/mol. The predicted molar refractivity (Wildman–Crippen MR) is 66.8 cm³/mol. The van der Waals surface area contributed by atoms with Crippen LogP contribution in [-0.4, -0.2) is 25.8 Å². The lowest BCUT2D eigenvalue weighted by atomic mass is 9.88. The largest absolute Gasteiger partial charge is 0.375 e. The van der Waals surface area contributed by atoms with Crippen LogP contribution >= 0.6 is 0 Å². The van der Waals surface area contributed by atoms with Crippen LogP contribution in [0.2, 0.25) is 0 Å². The fraction of sp³-hybridized carbons (Fsp3) is 0.571. The Hall–Kier alpha value is -0.860. The van der Waals surface area contributed by atoms with Gasteiger partial charge in [0.2, 0.25) is 0 Å². The predicted octanol–water partition coefficient (Wildman–Crippen LogP) is 2.34. The minimum Gasteiger partial charge on any atom is -0.375 e. The lowest BCUT2D eigenvalue weighted by molar-refractivity contribution is -0.0502. The van der Waals surface area contributed by atoms with E-state index in [1.807, 2.05) is 7.11 Å². The van der Waals surface area contributed by atoms with Crippen LogP contribution < -0.4 is 5.32 Å². The number of hydrogen-bond donors (Lipinski definition) is 1. The fourth-order valence-electron chi connectivity index (χ4n) is 2.14. The maximum absolute atomic E-state index is 5.59. The summed E-state index contributed by atoms with van der Waals surface area (Å²) in [6.07, 6.45) is 1.01. The molecular weight excluding hydrogens is 198 g/mol. The minimum atomic E-state index is 0.0410. The van der Waals surface area contributed by atoms with Crippen LogP contribution in [0.3, 0.4) is 0 Å². The van der Waals surface area contributed by atoms with Crippen molar-refractivity contribution in [1.82, 2.24) is 5.32 Å². The second-order valence-corrected chi connectivity index (χ2v) is 5.06. The highest BCUT2D eigenvalue weighted by molar-refractivity contribution is 5.26. The van der Waals surface area contributed by atoms with Crippen molar-refractivity contribution in [2.24, 2.45) is 0 Å². The SMILES string of the molecule is COC1(Cc2ccc(C(C)C)cc2)CNC1. The van der Waals surface area contributed by atoms with Crippen LogP contribution in [0, 0.1) is 0 Å². The van der Waals surface area contributed by atoms with Crippen molar-refractivity contribution in [3.63, 3.8) is 0 Å². The summed E-state index contributed by atoms with van der Waals surface area (Å²) in [7, 11) is 1.81. The first-order valence-electron chi connectivity index (χ1n) is 6.00. The molecule has 1 fully saturated rings. The quantitative estimate of drug-likeness (QED) is 0.839. The zero-order chi connectivity index (χ0) is 11.6. The van der Waals surface area contributed by atoms with E-state index in [0.29, 0.717) is 5.92 Å². The number of rotatable bonds is 4. The third-order valence-electron chi connectivity index (χ3n) is 3.50. The number of methoxy groups -OCH3 is 1. The first-order chi connectivity index (χ1) is 7.65. The van der Waals surface area contributed by atoms with Gasteiger partial charge in [-0.05, 0) is 17.0 Å². The summed E-state index contributed by atoms with van der Waals surface area (Å²) in [5.41, 5.74) is 2.81. The summed E-state index contributed by atoms with van der Waals surface area (Å²) in [6, 6.07) is 8.92. The van der Waals surface area contributed by atoms with Gasteiger partial charge in [0.1, 0.15) is 0 Å². The molecule has 16 heavy (non-hydrogen) atoms. The molecule has 1 aromatic rings. The highest BCUT2D eigenvalue weighted by atomic mass is 16.5. The Kier molecular flexibility index (Phi) is 3.31. The summed E-state index contributed by atoms with van der Waals surface area (Å²) in [5.74, 6) is 0.607. The van der Waals surface area contributed by atoms with Crippen molar-refractivity contribution in [1.29, 1.82) is 0 Å². The molecule has 0 radical (unpaired) electrons. The van der Waals surface area contributed by atoms with Crippen LogP contribution in [0.5, 0.6) is 0 Å². The van der Waals surface area contributed by atoms with Gasteiger partial charge in [-0.25, -0.2) is 0 Å². The third-order valence-corrected chi connectivity index (χ3v) is 3.50. The highest BCUT2D eigenvalue weighted by Crippen LogP contribution is 2.23. The molecular formula is C14H21NO. The van der Waals surface area contributed by atoms with Gasteiger partial charge in [0.05, 0.1) is 5.60 Å². The highest BCUT2D eigenvalue weighted by Gasteiger charge is 2.36. The maximum Gasteiger partial charge on any atom is 0.0966 e. The summed E-state index contributed by atoms with van der Waals surface area (Å²) < 4.78 is 5.59.